The number of thiophene rings is 1. The number of hydrogen-bond donors (Lipinski definition) is 0. The summed E-state index contributed by atoms with van der Waals surface area (Å²) >= 11 is 1.60. The summed E-state index contributed by atoms with van der Waals surface area (Å²) in [5.74, 6) is 0.726. The first-order valence-corrected chi connectivity index (χ1v) is 7.90. The normalized spacial score (nSPS) is 12.5. The number of amides is 1. The monoisotopic (exact) mass is 315 g/mol. The predicted octanol–water partition coefficient (Wildman–Crippen LogP) is 2.12. The Labute approximate surface area is 132 Å². The molecular formula is C15H17N5OS. The number of carbonyl (C=O) groups excluding carboxylic acids is 1. The summed E-state index contributed by atoms with van der Waals surface area (Å²) in [4.78, 5) is 14.6. The molecule has 0 radical (unpaired) electrons. The summed E-state index contributed by atoms with van der Waals surface area (Å²) in [5, 5.41) is 14.9. The van der Waals surface area contributed by atoms with Gasteiger partial charge in [0.05, 0.1) is 10.6 Å². The molecule has 3 aromatic rings. The van der Waals surface area contributed by atoms with Crippen LogP contribution in [0, 0.1) is 5.92 Å². The van der Waals surface area contributed by atoms with Crippen LogP contribution in [0.3, 0.4) is 0 Å². The van der Waals surface area contributed by atoms with Crippen molar-refractivity contribution in [3.8, 4) is 10.7 Å². The molecule has 0 saturated heterocycles. The molecular weight excluding hydrogens is 298 g/mol. The highest BCUT2D eigenvalue weighted by Crippen LogP contribution is 2.23. The first kappa shape index (κ1) is 14.6. The van der Waals surface area contributed by atoms with Gasteiger partial charge in [0.1, 0.15) is 0 Å². The zero-order chi connectivity index (χ0) is 15.7. The largest absolute Gasteiger partial charge is 0.349 e. The van der Waals surface area contributed by atoms with Gasteiger partial charge in [0, 0.05) is 26.4 Å². The van der Waals surface area contributed by atoms with Gasteiger partial charge in [0.15, 0.2) is 11.5 Å². The van der Waals surface area contributed by atoms with E-state index in [2.05, 4.69) is 15.3 Å². The Hall–Kier alpha value is -2.28. The summed E-state index contributed by atoms with van der Waals surface area (Å²) in [5.41, 5.74) is 1.56. The Bertz CT molecular complexity index is 793. The molecule has 0 aromatic carbocycles. The summed E-state index contributed by atoms with van der Waals surface area (Å²) in [6, 6.07) is 7.76. The molecule has 0 aliphatic rings. The van der Waals surface area contributed by atoms with Gasteiger partial charge in [-0.3, -0.25) is 4.79 Å². The third-order valence-electron chi connectivity index (χ3n) is 3.44. The lowest BCUT2D eigenvalue weighted by atomic mass is 10.0. The molecule has 7 heteroatoms. The molecule has 6 nitrogen and oxygen atoms in total. The van der Waals surface area contributed by atoms with Crippen molar-refractivity contribution in [3.05, 3.63) is 35.3 Å². The van der Waals surface area contributed by atoms with Crippen LogP contribution in [0.1, 0.15) is 12.6 Å². The molecule has 114 valence electrons. The molecule has 1 atom stereocenters. The van der Waals surface area contributed by atoms with Gasteiger partial charge in [-0.05, 0) is 23.6 Å². The fourth-order valence-electron chi connectivity index (χ4n) is 2.34. The Kier molecular flexibility index (Phi) is 3.89. The maximum absolute atomic E-state index is 12.0. The highest BCUT2D eigenvalue weighted by Gasteiger charge is 2.17. The van der Waals surface area contributed by atoms with Gasteiger partial charge < -0.3 is 4.90 Å². The van der Waals surface area contributed by atoms with Gasteiger partial charge in [0.2, 0.25) is 5.91 Å². The van der Waals surface area contributed by atoms with Crippen LogP contribution < -0.4 is 0 Å². The Morgan fingerprint density at radius 1 is 1.32 bits per heavy atom. The van der Waals surface area contributed by atoms with Crippen LogP contribution >= 0.6 is 11.3 Å². The summed E-state index contributed by atoms with van der Waals surface area (Å²) in [6.07, 6.45) is 0.592. The van der Waals surface area contributed by atoms with Crippen molar-refractivity contribution in [2.75, 3.05) is 14.1 Å². The van der Waals surface area contributed by atoms with Crippen LogP contribution in [-0.2, 0) is 11.2 Å². The molecule has 0 saturated carbocycles. The molecule has 0 spiro atoms. The number of aromatic nitrogens is 4. The van der Waals surface area contributed by atoms with Gasteiger partial charge in [-0.1, -0.05) is 13.0 Å². The van der Waals surface area contributed by atoms with Crippen molar-refractivity contribution < 1.29 is 4.79 Å². The van der Waals surface area contributed by atoms with E-state index in [1.807, 2.05) is 36.6 Å². The van der Waals surface area contributed by atoms with Gasteiger partial charge in [-0.2, -0.15) is 9.61 Å². The quantitative estimate of drug-likeness (QED) is 0.740. The van der Waals surface area contributed by atoms with Gasteiger partial charge in [0.25, 0.3) is 0 Å². The van der Waals surface area contributed by atoms with Crippen LogP contribution in [0.25, 0.3) is 16.3 Å². The number of nitrogens with zero attached hydrogens (tertiary/aromatic N) is 5. The molecule has 3 aromatic heterocycles. The average molecular weight is 315 g/mol. The lowest BCUT2D eigenvalue weighted by Crippen LogP contribution is -2.29. The van der Waals surface area contributed by atoms with Crippen LogP contribution in [0.4, 0.5) is 0 Å². The maximum Gasteiger partial charge on any atom is 0.225 e. The highest BCUT2D eigenvalue weighted by molar-refractivity contribution is 7.13. The number of hydrogen-bond acceptors (Lipinski definition) is 5. The zero-order valence-electron chi connectivity index (χ0n) is 12.7. The molecule has 0 aliphatic carbocycles. The smallest absolute Gasteiger partial charge is 0.225 e. The third-order valence-corrected chi connectivity index (χ3v) is 4.30. The van der Waals surface area contributed by atoms with Crippen LogP contribution in [0.2, 0.25) is 0 Å². The second-order valence-corrected chi connectivity index (χ2v) is 6.38. The van der Waals surface area contributed by atoms with E-state index in [1.54, 1.807) is 34.8 Å². The van der Waals surface area contributed by atoms with Crippen molar-refractivity contribution in [2.45, 2.75) is 13.3 Å². The topological polar surface area (TPSA) is 63.4 Å². The number of carbonyl (C=O) groups is 1. The fraction of sp³-hybridized carbons (Fsp3) is 0.333. The van der Waals surface area contributed by atoms with Crippen molar-refractivity contribution in [1.29, 1.82) is 0 Å². The van der Waals surface area contributed by atoms with E-state index in [9.17, 15) is 4.79 Å². The molecule has 3 heterocycles. The van der Waals surface area contributed by atoms with Crippen molar-refractivity contribution in [3.63, 3.8) is 0 Å². The summed E-state index contributed by atoms with van der Waals surface area (Å²) in [6.45, 7) is 1.92. The molecule has 0 fully saturated rings. The van der Waals surface area contributed by atoms with Crippen molar-refractivity contribution in [1.82, 2.24) is 24.7 Å². The summed E-state index contributed by atoms with van der Waals surface area (Å²) < 4.78 is 1.74. The van der Waals surface area contributed by atoms with E-state index in [0.717, 1.165) is 16.4 Å². The van der Waals surface area contributed by atoms with Crippen molar-refractivity contribution in [2.24, 2.45) is 5.92 Å². The lowest BCUT2D eigenvalue weighted by Gasteiger charge is -2.16. The maximum atomic E-state index is 12.0. The van der Waals surface area contributed by atoms with E-state index in [4.69, 9.17) is 0 Å². The SMILES string of the molecule is CC(Cc1ccc2nnc(-c3cccs3)n2n1)C(=O)N(C)C. The zero-order valence-corrected chi connectivity index (χ0v) is 13.5. The average Bonchev–Trinajstić information content (AvgIpc) is 3.14. The second-order valence-electron chi connectivity index (χ2n) is 5.43. The van der Waals surface area contributed by atoms with E-state index in [-0.39, 0.29) is 11.8 Å². The Balaban J connectivity index is 1.92. The number of rotatable bonds is 4. The van der Waals surface area contributed by atoms with Gasteiger partial charge in [-0.25, -0.2) is 0 Å². The van der Waals surface area contributed by atoms with Crippen LogP contribution in [0.5, 0.6) is 0 Å². The molecule has 1 unspecified atom stereocenters. The minimum absolute atomic E-state index is 0.101. The predicted molar refractivity (Wildman–Crippen MR) is 85.7 cm³/mol. The molecule has 3 rings (SSSR count). The van der Waals surface area contributed by atoms with E-state index in [1.165, 1.54) is 0 Å². The van der Waals surface area contributed by atoms with Gasteiger partial charge in [-0.15, -0.1) is 21.5 Å². The molecule has 0 bridgehead atoms. The Morgan fingerprint density at radius 3 is 2.82 bits per heavy atom. The third kappa shape index (κ3) is 2.71. The van der Waals surface area contributed by atoms with E-state index < -0.39 is 0 Å². The lowest BCUT2D eigenvalue weighted by molar-refractivity contribution is -0.132. The standard InChI is InChI=1S/C15H17N5OS/c1-10(15(21)19(2)3)9-11-6-7-13-16-17-14(20(13)18-11)12-5-4-8-22-12/h4-8,10H,9H2,1-3H3. The first-order valence-electron chi connectivity index (χ1n) is 7.02. The minimum Gasteiger partial charge on any atom is -0.349 e. The first-order chi connectivity index (χ1) is 10.6. The summed E-state index contributed by atoms with van der Waals surface area (Å²) in [7, 11) is 3.54. The highest BCUT2D eigenvalue weighted by atomic mass is 32.1. The number of fused-ring (bicyclic) bond motifs is 1. The van der Waals surface area contributed by atoms with Crippen LogP contribution in [-0.4, -0.2) is 44.7 Å². The second kappa shape index (κ2) is 5.84. The molecule has 0 N–H and O–H groups in total. The molecule has 1 amide bonds. The van der Waals surface area contributed by atoms with E-state index >= 15 is 0 Å². The Morgan fingerprint density at radius 2 is 2.14 bits per heavy atom. The van der Waals surface area contributed by atoms with Crippen LogP contribution in [0.15, 0.2) is 29.6 Å². The van der Waals surface area contributed by atoms with Crippen molar-refractivity contribution >= 4 is 22.9 Å². The van der Waals surface area contributed by atoms with Gasteiger partial charge >= 0.3 is 0 Å². The molecule has 0 aliphatic heterocycles. The fourth-order valence-corrected chi connectivity index (χ4v) is 3.03. The molecule has 22 heavy (non-hydrogen) atoms. The minimum atomic E-state index is -0.110. The van der Waals surface area contributed by atoms with E-state index in [0.29, 0.717) is 12.1 Å².